The van der Waals surface area contributed by atoms with Crippen LogP contribution in [0.15, 0.2) is 47.1 Å². The molecule has 0 amide bonds. The summed E-state index contributed by atoms with van der Waals surface area (Å²) in [7, 11) is 0. The fourth-order valence-corrected chi connectivity index (χ4v) is 2.99. The van der Waals surface area contributed by atoms with Gasteiger partial charge in [0.1, 0.15) is 17.2 Å². The van der Waals surface area contributed by atoms with E-state index in [-0.39, 0.29) is 30.7 Å². The summed E-state index contributed by atoms with van der Waals surface area (Å²) >= 11 is 0. The molecule has 30 heavy (non-hydrogen) atoms. The van der Waals surface area contributed by atoms with Gasteiger partial charge >= 0.3 is 0 Å². The normalized spacial score (nSPS) is 13.2. The fourth-order valence-electron chi connectivity index (χ4n) is 2.99. The van der Waals surface area contributed by atoms with Gasteiger partial charge in [0.25, 0.3) is 5.69 Å². The first-order valence-corrected chi connectivity index (χ1v) is 9.53. The molecule has 0 saturated heterocycles. The van der Waals surface area contributed by atoms with Crippen LogP contribution in [0.1, 0.15) is 35.5 Å². The molecule has 0 spiro atoms. The molecule has 4 N–H and O–H groups in total. The summed E-state index contributed by atoms with van der Waals surface area (Å²) in [5.41, 5.74) is 2.35. The standard InChI is InChI=1S/C21H25N3O6/c1-13(22-11-21(27)16-8-17(25)10-18(26)9-16)7-15-3-5-19(6-4-15)29-12-20-14(2)24(28)30-23-20/h3-6,8-10,13,21-22,25-27H,7,11-12H2,1-2H3. The van der Waals surface area contributed by atoms with Crippen LogP contribution in [0.2, 0.25) is 0 Å². The van der Waals surface area contributed by atoms with Crippen molar-refractivity contribution in [2.45, 2.75) is 39.0 Å². The molecule has 2 unspecified atom stereocenters. The van der Waals surface area contributed by atoms with Crippen LogP contribution in [0.3, 0.4) is 0 Å². The molecular weight excluding hydrogens is 390 g/mol. The summed E-state index contributed by atoms with van der Waals surface area (Å²) in [4.78, 5) is 0.344. The molecule has 0 aliphatic carbocycles. The van der Waals surface area contributed by atoms with E-state index in [1.54, 1.807) is 6.92 Å². The van der Waals surface area contributed by atoms with Gasteiger partial charge in [-0.1, -0.05) is 12.1 Å². The minimum atomic E-state index is -0.853. The van der Waals surface area contributed by atoms with Gasteiger partial charge in [0.05, 0.1) is 6.10 Å². The molecule has 1 heterocycles. The number of nitrogens with one attached hydrogen (secondary N) is 1. The van der Waals surface area contributed by atoms with Gasteiger partial charge in [0.15, 0.2) is 12.3 Å². The van der Waals surface area contributed by atoms with Gasteiger partial charge in [0, 0.05) is 30.7 Å². The molecule has 9 heteroatoms. The second-order valence-electron chi connectivity index (χ2n) is 7.21. The third-order valence-electron chi connectivity index (χ3n) is 4.73. The number of aliphatic hydroxyl groups excluding tert-OH is 1. The molecule has 2 aromatic carbocycles. The van der Waals surface area contributed by atoms with Crippen LogP contribution in [0.25, 0.3) is 0 Å². The van der Waals surface area contributed by atoms with Gasteiger partial charge in [-0.15, -0.1) is 0 Å². The topological polar surface area (TPSA) is 135 Å². The molecule has 0 saturated carbocycles. The quantitative estimate of drug-likeness (QED) is 0.389. The number of aliphatic hydroxyl groups is 1. The van der Waals surface area contributed by atoms with Crippen molar-refractivity contribution in [3.05, 3.63) is 70.2 Å². The summed E-state index contributed by atoms with van der Waals surface area (Å²) < 4.78 is 10.1. The lowest BCUT2D eigenvalue weighted by Gasteiger charge is -2.18. The van der Waals surface area contributed by atoms with Gasteiger partial charge in [0.2, 0.25) is 0 Å². The van der Waals surface area contributed by atoms with E-state index in [4.69, 9.17) is 4.74 Å². The van der Waals surface area contributed by atoms with Gasteiger partial charge in [-0.2, -0.15) is 0 Å². The Hall–Kier alpha value is -3.30. The van der Waals surface area contributed by atoms with Gasteiger partial charge in [-0.3, -0.25) is 4.63 Å². The highest BCUT2D eigenvalue weighted by Crippen LogP contribution is 2.24. The molecule has 9 nitrogen and oxygen atoms in total. The van der Waals surface area contributed by atoms with E-state index < -0.39 is 6.10 Å². The Bertz CT molecular complexity index is 953. The maximum absolute atomic E-state index is 11.2. The lowest BCUT2D eigenvalue weighted by molar-refractivity contribution is -0.806. The molecule has 3 aromatic rings. The van der Waals surface area contributed by atoms with Crippen molar-refractivity contribution in [2.75, 3.05) is 6.54 Å². The average Bonchev–Trinajstić information content (AvgIpc) is 3.03. The molecule has 0 aliphatic heterocycles. The molecule has 1 aromatic heterocycles. The average molecular weight is 415 g/mol. The van der Waals surface area contributed by atoms with Gasteiger partial charge in [-0.05, 0) is 53.6 Å². The summed E-state index contributed by atoms with van der Waals surface area (Å²) in [6.45, 7) is 4.04. The van der Waals surface area contributed by atoms with E-state index in [2.05, 4.69) is 15.1 Å². The van der Waals surface area contributed by atoms with E-state index in [1.807, 2.05) is 31.2 Å². The number of benzene rings is 2. The van der Waals surface area contributed by atoms with Crippen molar-refractivity contribution in [1.82, 2.24) is 10.5 Å². The molecular formula is C21H25N3O6. The molecule has 0 radical (unpaired) electrons. The minimum Gasteiger partial charge on any atom is -0.508 e. The Morgan fingerprint density at radius 3 is 2.43 bits per heavy atom. The van der Waals surface area contributed by atoms with E-state index in [9.17, 15) is 20.5 Å². The zero-order valence-corrected chi connectivity index (χ0v) is 16.8. The van der Waals surface area contributed by atoms with Crippen LogP contribution in [-0.2, 0) is 13.0 Å². The van der Waals surface area contributed by atoms with E-state index in [0.29, 0.717) is 27.6 Å². The first kappa shape index (κ1) is 21.4. The van der Waals surface area contributed by atoms with Crippen LogP contribution in [0.4, 0.5) is 0 Å². The van der Waals surface area contributed by atoms with Crippen molar-refractivity contribution >= 4 is 0 Å². The largest absolute Gasteiger partial charge is 0.508 e. The molecule has 0 bridgehead atoms. The lowest BCUT2D eigenvalue weighted by atomic mass is 10.1. The number of hydrogen-bond donors (Lipinski definition) is 4. The Balaban J connectivity index is 1.47. The Morgan fingerprint density at radius 1 is 1.17 bits per heavy atom. The maximum atomic E-state index is 11.2. The van der Waals surface area contributed by atoms with E-state index >= 15 is 0 Å². The second kappa shape index (κ2) is 9.47. The summed E-state index contributed by atoms with van der Waals surface area (Å²) in [6, 6.07) is 11.7. The zero-order chi connectivity index (χ0) is 21.7. The summed E-state index contributed by atoms with van der Waals surface area (Å²) in [5.74, 6) is 0.467. The highest BCUT2D eigenvalue weighted by atomic mass is 16.8. The Morgan fingerprint density at radius 2 is 1.83 bits per heavy atom. The van der Waals surface area contributed by atoms with Crippen molar-refractivity contribution in [3.8, 4) is 17.2 Å². The fraction of sp³-hybridized carbons (Fsp3) is 0.333. The SMILES string of the molecule is Cc1c(COc2ccc(CC(C)NCC(O)c3cc(O)cc(O)c3)cc2)no[n+]1[O-]. The van der Waals surface area contributed by atoms with Crippen molar-refractivity contribution in [2.24, 2.45) is 0 Å². The lowest BCUT2D eigenvalue weighted by Crippen LogP contribution is -2.32. The highest BCUT2D eigenvalue weighted by molar-refractivity contribution is 5.37. The predicted octanol–water partition coefficient (Wildman–Crippen LogP) is 1.86. The first-order valence-electron chi connectivity index (χ1n) is 9.53. The number of aromatic hydroxyl groups is 2. The maximum Gasteiger partial charge on any atom is 0.258 e. The zero-order valence-electron chi connectivity index (χ0n) is 16.8. The molecule has 2 atom stereocenters. The number of hydrogen-bond acceptors (Lipinski definition) is 8. The summed E-state index contributed by atoms with van der Waals surface area (Å²) in [6.07, 6.45) is -0.120. The van der Waals surface area contributed by atoms with Crippen molar-refractivity contribution < 1.29 is 29.6 Å². The molecule has 0 fully saturated rings. The third kappa shape index (κ3) is 5.62. The molecule has 0 aliphatic rings. The number of aromatic nitrogens is 2. The first-order chi connectivity index (χ1) is 14.3. The van der Waals surface area contributed by atoms with Crippen molar-refractivity contribution in [3.63, 3.8) is 0 Å². The second-order valence-corrected chi connectivity index (χ2v) is 7.21. The van der Waals surface area contributed by atoms with E-state index in [0.717, 1.165) is 12.0 Å². The highest BCUT2D eigenvalue weighted by Gasteiger charge is 2.15. The number of phenols is 2. The smallest absolute Gasteiger partial charge is 0.258 e. The molecule has 160 valence electrons. The number of rotatable bonds is 9. The minimum absolute atomic E-state index is 0.0857. The summed E-state index contributed by atoms with van der Waals surface area (Å²) in [5, 5.41) is 47.4. The van der Waals surface area contributed by atoms with Crippen LogP contribution in [-0.4, -0.2) is 33.1 Å². The number of phenolic OH excluding ortho intramolecular Hbond substituents is 2. The Labute approximate surface area is 173 Å². The van der Waals surface area contributed by atoms with Crippen LogP contribution < -0.4 is 15.0 Å². The third-order valence-corrected chi connectivity index (χ3v) is 4.73. The monoisotopic (exact) mass is 415 g/mol. The molecule has 3 rings (SSSR count). The van der Waals surface area contributed by atoms with Crippen LogP contribution >= 0.6 is 0 Å². The van der Waals surface area contributed by atoms with Crippen molar-refractivity contribution in [1.29, 1.82) is 0 Å². The van der Waals surface area contributed by atoms with Gasteiger partial charge in [-0.25, -0.2) is 0 Å². The van der Waals surface area contributed by atoms with Crippen LogP contribution in [0.5, 0.6) is 17.2 Å². The Kier molecular flexibility index (Phi) is 6.76. The van der Waals surface area contributed by atoms with E-state index in [1.165, 1.54) is 18.2 Å². The predicted molar refractivity (Wildman–Crippen MR) is 107 cm³/mol. The number of ether oxygens (including phenoxy) is 1. The number of nitrogens with zero attached hydrogens (tertiary/aromatic N) is 2. The van der Waals surface area contributed by atoms with Crippen LogP contribution in [0, 0.1) is 12.1 Å². The van der Waals surface area contributed by atoms with Gasteiger partial charge < -0.3 is 30.6 Å².